The second-order valence-electron chi connectivity index (χ2n) is 5.64. The van der Waals surface area contributed by atoms with E-state index < -0.39 is 11.5 Å². The molecule has 0 spiro atoms. The van der Waals surface area contributed by atoms with Gasteiger partial charge in [0.15, 0.2) is 0 Å². The highest BCUT2D eigenvalue weighted by Gasteiger charge is 2.42. The summed E-state index contributed by atoms with van der Waals surface area (Å²) < 4.78 is 0. The fourth-order valence-electron chi connectivity index (χ4n) is 2.84. The predicted octanol–water partition coefficient (Wildman–Crippen LogP) is 3.14. The van der Waals surface area contributed by atoms with Gasteiger partial charge in [-0.1, -0.05) is 46.0 Å². The summed E-state index contributed by atoms with van der Waals surface area (Å²) in [7, 11) is 1.99. The summed E-state index contributed by atoms with van der Waals surface area (Å²) in [6.07, 6.45) is 7.22. The maximum atomic E-state index is 11.7. The standard InChI is InChI=1S/C14H27NO2/c1-4-12(2)11-15(3)14(13(16)17)9-7-5-6-8-10-14/h12H,4-11H2,1-3H3,(H,16,17). The molecular weight excluding hydrogens is 214 g/mol. The van der Waals surface area contributed by atoms with Gasteiger partial charge in [0.25, 0.3) is 0 Å². The summed E-state index contributed by atoms with van der Waals surface area (Å²) >= 11 is 0. The lowest BCUT2D eigenvalue weighted by Crippen LogP contribution is -2.53. The molecule has 100 valence electrons. The molecule has 0 heterocycles. The number of likely N-dealkylation sites (N-methyl/N-ethyl adjacent to an activating group) is 1. The van der Waals surface area contributed by atoms with Crippen LogP contribution in [0.4, 0.5) is 0 Å². The Kier molecular flexibility index (Phi) is 5.44. The zero-order chi connectivity index (χ0) is 12.9. The first kappa shape index (κ1) is 14.5. The molecule has 0 saturated heterocycles. The Bertz CT molecular complexity index is 245. The zero-order valence-corrected chi connectivity index (χ0v) is 11.5. The van der Waals surface area contributed by atoms with Crippen LogP contribution in [-0.2, 0) is 4.79 Å². The van der Waals surface area contributed by atoms with Crippen molar-refractivity contribution in [3.63, 3.8) is 0 Å². The number of rotatable bonds is 5. The molecule has 1 fully saturated rings. The summed E-state index contributed by atoms with van der Waals surface area (Å²) in [6.45, 7) is 5.25. The number of nitrogens with zero attached hydrogens (tertiary/aromatic N) is 1. The van der Waals surface area contributed by atoms with E-state index in [-0.39, 0.29) is 0 Å². The molecule has 0 bridgehead atoms. The van der Waals surface area contributed by atoms with E-state index in [1.165, 1.54) is 12.8 Å². The van der Waals surface area contributed by atoms with Crippen molar-refractivity contribution in [2.24, 2.45) is 5.92 Å². The van der Waals surface area contributed by atoms with E-state index >= 15 is 0 Å². The SMILES string of the molecule is CCC(C)CN(C)C1(C(=O)O)CCCCCC1. The number of aliphatic carboxylic acids is 1. The average molecular weight is 241 g/mol. The third kappa shape index (κ3) is 3.44. The van der Waals surface area contributed by atoms with Crippen LogP contribution < -0.4 is 0 Å². The van der Waals surface area contributed by atoms with Crippen molar-refractivity contribution in [2.45, 2.75) is 64.3 Å². The molecule has 1 aliphatic carbocycles. The molecule has 0 aromatic carbocycles. The predicted molar refractivity (Wildman–Crippen MR) is 70.2 cm³/mol. The Morgan fingerprint density at radius 2 is 1.82 bits per heavy atom. The number of carboxylic acid groups (broad SMARTS) is 1. The molecule has 1 saturated carbocycles. The van der Waals surface area contributed by atoms with Crippen LogP contribution in [0.5, 0.6) is 0 Å². The molecule has 1 N–H and O–H groups in total. The van der Waals surface area contributed by atoms with E-state index in [9.17, 15) is 9.90 Å². The lowest BCUT2D eigenvalue weighted by molar-refractivity contribution is -0.152. The average Bonchev–Trinajstić information content (AvgIpc) is 2.54. The Hall–Kier alpha value is -0.570. The van der Waals surface area contributed by atoms with Crippen LogP contribution in [0.3, 0.4) is 0 Å². The largest absolute Gasteiger partial charge is 0.480 e. The molecule has 1 rings (SSSR count). The number of carbonyl (C=O) groups is 1. The van der Waals surface area contributed by atoms with Crippen molar-refractivity contribution in [1.29, 1.82) is 0 Å². The summed E-state index contributed by atoms with van der Waals surface area (Å²) in [5.41, 5.74) is -0.597. The first-order valence-corrected chi connectivity index (χ1v) is 6.97. The van der Waals surface area contributed by atoms with Crippen LogP contribution >= 0.6 is 0 Å². The van der Waals surface area contributed by atoms with Gasteiger partial charge in [-0.15, -0.1) is 0 Å². The van der Waals surface area contributed by atoms with Gasteiger partial charge in [-0.05, 0) is 25.8 Å². The van der Waals surface area contributed by atoms with Crippen molar-refractivity contribution in [3.8, 4) is 0 Å². The van der Waals surface area contributed by atoms with Crippen LogP contribution in [0.25, 0.3) is 0 Å². The van der Waals surface area contributed by atoms with E-state index in [2.05, 4.69) is 18.7 Å². The first-order valence-electron chi connectivity index (χ1n) is 6.97. The van der Waals surface area contributed by atoms with Gasteiger partial charge < -0.3 is 5.11 Å². The second kappa shape index (κ2) is 6.39. The molecule has 0 radical (unpaired) electrons. The van der Waals surface area contributed by atoms with E-state index in [0.29, 0.717) is 5.92 Å². The number of carboxylic acids is 1. The first-order chi connectivity index (χ1) is 8.03. The van der Waals surface area contributed by atoms with Gasteiger partial charge in [0.05, 0.1) is 0 Å². The molecule has 0 amide bonds. The fourth-order valence-corrected chi connectivity index (χ4v) is 2.84. The van der Waals surface area contributed by atoms with Gasteiger partial charge in [0.1, 0.15) is 5.54 Å². The van der Waals surface area contributed by atoms with Crippen LogP contribution in [0.2, 0.25) is 0 Å². The Morgan fingerprint density at radius 1 is 1.29 bits per heavy atom. The van der Waals surface area contributed by atoms with Crippen molar-refractivity contribution < 1.29 is 9.90 Å². The fraction of sp³-hybridized carbons (Fsp3) is 0.929. The number of hydrogen-bond donors (Lipinski definition) is 1. The van der Waals surface area contributed by atoms with Crippen molar-refractivity contribution in [1.82, 2.24) is 4.90 Å². The summed E-state index contributed by atoms with van der Waals surface area (Å²) in [6, 6.07) is 0. The Labute approximate surface area is 105 Å². The zero-order valence-electron chi connectivity index (χ0n) is 11.5. The molecular formula is C14H27NO2. The van der Waals surface area contributed by atoms with Crippen LogP contribution in [-0.4, -0.2) is 35.1 Å². The maximum absolute atomic E-state index is 11.7. The van der Waals surface area contributed by atoms with Crippen molar-refractivity contribution >= 4 is 5.97 Å². The van der Waals surface area contributed by atoms with Crippen molar-refractivity contribution in [3.05, 3.63) is 0 Å². The van der Waals surface area contributed by atoms with E-state index in [0.717, 1.165) is 38.6 Å². The highest BCUT2D eigenvalue weighted by molar-refractivity contribution is 5.78. The molecule has 1 unspecified atom stereocenters. The van der Waals surface area contributed by atoms with E-state index in [1.54, 1.807) is 0 Å². The molecule has 3 heteroatoms. The Morgan fingerprint density at radius 3 is 2.24 bits per heavy atom. The molecule has 0 aliphatic heterocycles. The summed E-state index contributed by atoms with van der Waals surface area (Å²) in [5, 5.41) is 9.63. The molecule has 1 aliphatic rings. The highest BCUT2D eigenvalue weighted by atomic mass is 16.4. The maximum Gasteiger partial charge on any atom is 0.324 e. The minimum Gasteiger partial charge on any atom is -0.480 e. The van der Waals surface area contributed by atoms with Crippen LogP contribution in [0, 0.1) is 5.92 Å². The minimum atomic E-state index is -0.620. The van der Waals surface area contributed by atoms with Crippen LogP contribution in [0.1, 0.15) is 58.8 Å². The molecule has 0 aromatic heterocycles. The number of hydrogen-bond acceptors (Lipinski definition) is 2. The minimum absolute atomic E-state index is 0.569. The van der Waals surface area contributed by atoms with Crippen LogP contribution in [0.15, 0.2) is 0 Å². The Balaban J connectivity index is 2.78. The van der Waals surface area contributed by atoms with Gasteiger partial charge in [-0.2, -0.15) is 0 Å². The van der Waals surface area contributed by atoms with Crippen molar-refractivity contribution in [2.75, 3.05) is 13.6 Å². The third-order valence-electron chi connectivity index (χ3n) is 4.34. The molecule has 3 nitrogen and oxygen atoms in total. The van der Waals surface area contributed by atoms with Gasteiger partial charge in [0, 0.05) is 6.54 Å². The summed E-state index contributed by atoms with van der Waals surface area (Å²) in [4.78, 5) is 13.8. The highest BCUT2D eigenvalue weighted by Crippen LogP contribution is 2.32. The quantitative estimate of drug-likeness (QED) is 0.752. The molecule has 0 aromatic rings. The molecule has 1 atom stereocenters. The van der Waals surface area contributed by atoms with E-state index in [1.807, 2.05) is 7.05 Å². The second-order valence-corrected chi connectivity index (χ2v) is 5.64. The smallest absolute Gasteiger partial charge is 0.324 e. The summed E-state index contributed by atoms with van der Waals surface area (Å²) in [5.74, 6) is -0.0512. The normalized spacial score (nSPS) is 22.1. The third-order valence-corrected chi connectivity index (χ3v) is 4.34. The monoisotopic (exact) mass is 241 g/mol. The van der Waals surface area contributed by atoms with Gasteiger partial charge in [-0.3, -0.25) is 9.69 Å². The lowest BCUT2D eigenvalue weighted by atomic mass is 9.87. The topological polar surface area (TPSA) is 40.5 Å². The van der Waals surface area contributed by atoms with Gasteiger partial charge in [-0.25, -0.2) is 0 Å². The molecule has 17 heavy (non-hydrogen) atoms. The van der Waals surface area contributed by atoms with Gasteiger partial charge >= 0.3 is 5.97 Å². The van der Waals surface area contributed by atoms with Gasteiger partial charge in [0.2, 0.25) is 0 Å². The lowest BCUT2D eigenvalue weighted by Gasteiger charge is -2.39. The van der Waals surface area contributed by atoms with E-state index in [4.69, 9.17) is 0 Å².